The number of esters is 1. The number of carbonyl (C=O) groups excluding carboxylic acids is 2. The summed E-state index contributed by atoms with van der Waals surface area (Å²) < 4.78 is 4.83. The number of urea groups is 1. The number of ether oxygens (including phenoxy) is 1. The average Bonchev–Trinajstić information content (AvgIpc) is 2.51. The minimum Gasteiger partial charge on any atom is -0.462 e. The van der Waals surface area contributed by atoms with E-state index in [-0.39, 0.29) is 24.1 Å². The first-order chi connectivity index (χ1) is 5.63. The molecule has 0 aromatic carbocycles. The van der Waals surface area contributed by atoms with Crippen molar-refractivity contribution in [3.8, 4) is 0 Å². The van der Waals surface area contributed by atoms with E-state index in [2.05, 4.69) is 0 Å². The number of nitrogens with zero attached hydrogens (tertiary/aromatic N) is 2. The second-order valence-electron chi connectivity index (χ2n) is 3.15. The topological polar surface area (TPSA) is 49.9 Å². The van der Waals surface area contributed by atoms with E-state index in [9.17, 15) is 9.59 Å². The van der Waals surface area contributed by atoms with Crippen molar-refractivity contribution in [2.75, 3.05) is 20.7 Å². The van der Waals surface area contributed by atoms with Crippen LogP contribution >= 0.6 is 0 Å². The number of hydrogen-bond donors (Lipinski definition) is 0. The van der Waals surface area contributed by atoms with Crippen molar-refractivity contribution in [2.24, 2.45) is 0 Å². The predicted octanol–water partition coefficient (Wildman–Crippen LogP) is -0.722. The summed E-state index contributed by atoms with van der Waals surface area (Å²) in [5.74, 6) is -0.291. The Hall–Kier alpha value is -1.26. The highest BCUT2D eigenvalue weighted by molar-refractivity contribution is 5.89. The molecule has 66 valence electrons. The minimum atomic E-state index is -0.387. The van der Waals surface area contributed by atoms with E-state index >= 15 is 0 Å². The lowest BCUT2D eigenvalue weighted by Crippen LogP contribution is -2.36. The third-order valence-electron chi connectivity index (χ3n) is 2.52. The number of rotatable bonds is 0. The molecule has 0 aromatic rings. The highest BCUT2D eigenvalue weighted by atomic mass is 16.5. The fourth-order valence-corrected chi connectivity index (χ4v) is 1.75. The normalized spacial score (nSPS) is 34.2. The second-order valence-corrected chi connectivity index (χ2v) is 3.15. The van der Waals surface area contributed by atoms with Gasteiger partial charge in [0.15, 0.2) is 6.04 Å². The van der Waals surface area contributed by atoms with Gasteiger partial charge in [0.05, 0.1) is 6.04 Å². The molecule has 0 aliphatic carbocycles. The van der Waals surface area contributed by atoms with Crippen LogP contribution in [-0.4, -0.2) is 54.6 Å². The monoisotopic (exact) mass is 170 g/mol. The van der Waals surface area contributed by atoms with E-state index in [1.165, 1.54) is 4.90 Å². The van der Waals surface area contributed by atoms with Gasteiger partial charge in [-0.2, -0.15) is 0 Å². The SMILES string of the molecule is CN1C(=O)N(C)C2C(=O)OCC21. The van der Waals surface area contributed by atoms with Gasteiger partial charge in [-0.25, -0.2) is 9.59 Å². The molecule has 2 aliphatic rings. The van der Waals surface area contributed by atoms with E-state index in [1.54, 1.807) is 19.0 Å². The Balaban J connectivity index is 2.32. The molecule has 2 unspecified atom stereocenters. The molecular weight excluding hydrogens is 160 g/mol. The third kappa shape index (κ3) is 0.680. The minimum absolute atomic E-state index is 0.0880. The van der Waals surface area contributed by atoms with Crippen molar-refractivity contribution in [3.05, 3.63) is 0 Å². The molecule has 2 saturated heterocycles. The van der Waals surface area contributed by atoms with Crippen molar-refractivity contribution in [3.63, 3.8) is 0 Å². The summed E-state index contributed by atoms with van der Waals surface area (Å²) in [5, 5.41) is 0. The number of cyclic esters (lactones) is 1. The van der Waals surface area contributed by atoms with Gasteiger partial charge >= 0.3 is 12.0 Å². The fraction of sp³-hybridized carbons (Fsp3) is 0.714. The van der Waals surface area contributed by atoms with Gasteiger partial charge in [-0.3, -0.25) is 0 Å². The first-order valence-corrected chi connectivity index (χ1v) is 3.79. The summed E-state index contributed by atoms with van der Waals surface area (Å²) in [7, 11) is 3.31. The van der Waals surface area contributed by atoms with Gasteiger partial charge in [0.2, 0.25) is 0 Å². The Morgan fingerprint density at radius 2 is 2.00 bits per heavy atom. The zero-order valence-electron chi connectivity index (χ0n) is 6.98. The van der Waals surface area contributed by atoms with E-state index in [0.29, 0.717) is 6.61 Å². The second kappa shape index (κ2) is 2.12. The smallest absolute Gasteiger partial charge is 0.331 e. The maximum atomic E-state index is 11.3. The Labute approximate surface area is 69.9 Å². The standard InChI is InChI=1S/C7H10N2O3/c1-8-4-3-12-6(10)5(4)9(2)7(8)11/h4-5H,3H2,1-2H3. The molecule has 2 fully saturated rings. The summed E-state index contributed by atoms with van der Waals surface area (Å²) in [4.78, 5) is 25.4. The van der Waals surface area contributed by atoms with Gasteiger partial charge in [-0.15, -0.1) is 0 Å². The molecule has 5 heteroatoms. The van der Waals surface area contributed by atoms with Crippen LogP contribution in [0.15, 0.2) is 0 Å². The average molecular weight is 170 g/mol. The maximum Gasteiger partial charge on any atom is 0.331 e. The van der Waals surface area contributed by atoms with Crippen LogP contribution in [0, 0.1) is 0 Å². The molecular formula is C7H10N2O3. The van der Waals surface area contributed by atoms with E-state index < -0.39 is 0 Å². The van der Waals surface area contributed by atoms with Crippen LogP contribution in [-0.2, 0) is 9.53 Å². The summed E-state index contributed by atoms with van der Waals surface area (Å²) in [5.41, 5.74) is 0. The molecule has 2 aliphatic heterocycles. The lowest BCUT2D eigenvalue weighted by Gasteiger charge is -2.13. The molecule has 2 rings (SSSR count). The molecule has 5 nitrogen and oxygen atoms in total. The first kappa shape index (κ1) is 7.39. The molecule has 2 amide bonds. The van der Waals surface area contributed by atoms with Crippen LogP contribution in [0.3, 0.4) is 0 Å². The number of carbonyl (C=O) groups is 2. The van der Waals surface area contributed by atoms with Crippen LogP contribution < -0.4 is 0 Å². The first-order valence-electron chi connectivity index (χ1n) is 3.79. The molecule has 0 saturated carbocycles. The number of hydrogen-bond acceptors (Lipinski definition) is 3. The van der Waals surface area contributed by atoms with Crippen molar-refractivity contribution < 1.29 is 14.3 Å². The lowest BCUT2D eigenvalue weighted by molar-refractivity contribution is -0.141. The zero-order valence-corrected chi connectivity index (χ0v) is 6.98. The Kier molecular flexibility index (Phi) is 1.31. The van der Waals surface area contributed by atoms with Crippen LogP contribution in [0.4, 0.5) is 4.79 Å². The van der Waals surface area contributed by atoms with E-state index in [1.807, 2.05) is 0 Å². The van der Waals surface area contributed by atoms with Crippen LogP contribution in [0.5, 0.6) is 0 Å². The molecule has 0 bridgehead atoms. The largest absolute Gasteiger partial charge is 0.462 e. The molecule has 0 aromatic heterocycles. The lowest BCUT2D eigenvalue weighted by atomic mass is 10.2. The molecule has 2 atom stereocenters. The van der Waals surface area contributed by atoms with Gasteiger partial charge in [-0.05, 0) is 0 Å². The number of fused-ring (bicyclic) bond motifs is 1. The molecule has 0 radical (unpaired) electrons. The third-order valence-corrected chi connectivity index (χ3v) is 2.52. The highest BCUT2D eigenvalue weighted by Gasteiger charge is 2.51. The van der Waals surface area contributed by atoms with Crippen LogP contribution in [0.2, 0.25) is 0 Å². The molecule has 2 heterocycles. The van der Waals surface area contributed by atoms with Gasteiger partial charge in [0.25, 0.3) is 0 Å². The summed E-state index contributed by atoms with van der Waals surface area (Å²) in [6, 6.07) is -0.584. The highest BCUT2D eigenvalue weighted by Crippen LogP contribution is 2.25. The summed E-state index contributed by atoms with van der Waals surface area (Å²) in [6.07, 6.45) is 0. The van der Waals surface area contributed by atoms with Gasteiger partial charge in [0, 0.05) is 14.1 Å². The summed E-state index contributed by atoms with van der Waals surface area (Å²) in [6.45, 7) is 0.329. The Morgan fingerprint density at radius 1 is 1.33 bits per heavy atom. The van der Waals surface area contributed by atoms with E-state index in [0.717, 1.165) is 0 Å². The van der Waals surface area contributed by atoms with E-state index in [4.69, 9.17) is 4.74 Å². The van der Waals surface area contributed by atoms with Crippen molar-refractivity contribution in [1.29, 1.82) is 0 Å². The summed E-state index contributed by atoms with van der Waals surface area (Å²) >= 11 is 0. The Bertz CT molecular complexity index is 253. The maximum absolute atomic E-state index is 11.3. The number of amides is 2. The van der Waals surface area contributed by atoms with Crippen LogP contribution in [0.1, 0.15) is 0 Å². The van der Waals surface area contributed by atoms with Crippen molar-refractivity contribution in [2.45, 2.75) is 12.1 Å². The van der Waals surface area contributed by atoms with Crippen molar-refractivity contribution >= 4 is 12.0 Å². The van der Waals surface area contributed by atoms with Crippen molar-refractivity contribution in [1.82, 2.24) is 9.80 Å². The number of likely N-dealkylation sites (N-methyl/N-ethyl adjacent to an activating group) is 2. The van der Waals surface area contributed by atoms with Gasteiger partial charge in [0.1, 0.15) is 6.61 Å². The fourth-order valence-electron chi connectivity index (χ4n) is 1.75. The molecule has 0 N–H and O–H groups in total. The quantitative estimate of drug-likeness (QED) is 0.451. The molecule has 0 spiro atoms. The Morgan fingerprint density at radius 3 is 2.58 bits per heavy atom. The van der Waals surface area contributed by atoms with Crippen LogP contribution in [0.25, 0.3) is 0 Å². The zero-order chi connectivity index (χ0) is 8.88. The van der Waals surface area contributed by atoms with Gasteiger partial charge in [-0.1, -0.05) is 0 Å². The predicted molar refractivity (Wildman–Crippen MR) is 39.5 cm³/mol. The van der Waals surface area contributed by atoms with Gasteiger partial charge < -0.3 is 14.5 Å². The molecule has 12 heavy (non-hydrogen) atoms.